The fourth-order valence-electron chi connectivity index (χ4n) is 4.52. The van der Waals surface area contributed by atoms with Gasteiger partial charge in [0.2, 0.25) is 0 Å². The molecule has 1 aromatic heterocycles. The summed E-state index contributed by atoms with van der Waals surface area (Å²) in [7, 11) is 2.11. The highest BCUT2D eigenvalue weighted by Gasteiger charge is 2.18. The molecule has 0 unspecified atom stereocenters. The van der Waals surface area contributed by atoms with Crippen LogP contribution < -0.4 is 10.6 Å². The minimum Gasteiger partial charge on any atom is -0.370 e. The van der Waals surface area contributed by atoms with Crippen LogP contribution >= 0.6 is 0 Å². The van der Waals surface area contributed by atoms with E-state index in [2.05, 4.69) is 118 Å². The Labute approximate surface area is 223 Å². The van der Waals surface area contributed by atoms with Crippen LogP contribution in [0.25, 0.3) is 11.3 Å². The maximum Gasteiger partial charge on any atom is 0.100 e. The molecule has 0 saturated carbocycles. The molecule has 0 aliphatic carbocycles. The van der Waals surface area contributed by atoms with Crippen molar-refractivity contribution in [1.82, 2.24) is 9.88 Å². The third-order valence-corrected chi connectivity index (χ3v) is 6.26. The Kier molecular flexibility index (Phi) is 9.13. The average Bonchev–Trinajstić information content (AvgIpc) is 3.25. The number of allylic oxidation sites excluding steroid dienone is 3. The van der Waals surface area contributed by atoms with Gasteiger partial charge < -0.3 is 15.5 Å². The van der Waals surface area contributed by atoms with Crippen molar-refractivity contribution in [3.63, 3.8) is 0 Å². The van der Waals surface area contributed by atoms with Crippen LogP contribution in [0.2, 0.25) is 0 Å². The lowest BCUT2D eigenvalue weighted by atomic mass is 9.91. The number of nitrogens with one attached hydrogen (secondary N) is 2. The molecule has 2 aromatic carbocycles. The lowest BCUT2D eigenvalue weighted by Crippen LogP contribution is -2.17. The molecule has 0 fully saturated rings. The van der Waals surface area contributed by atoms with Crippen molar-refractivity contribution in [2.24, 2.45) is 0 Å². The zero-order valence-corrected chi connectivity index (χ0v) is 23.4. The summed E-state index contributed by atoms with van der Waals surface area (Å²) in [5.74, 6) is 0.798. The quantitative estimate of drug-likeness (QED) is 0.324. The van der Waals surface area contributed by atoms with Gasteiger partial charge in [-0.3, -0.25) is 4.98 Å². The number of benzene rings is 2. The molecule has 3 aromatic rings. The second-order valence-electron chi connectivity index (χ2n) is 9.35. The Balaban J connectivity index is 0.00000186. The van der Waals surface area contributed by atoms with E-state index in [-0.39, 0.29) is 0 Å². The number of hydrogen-bond donors (Lipinski definition) is 2. The molecule has 1 aliphatic rings. The molecular weight excluding hydrogens is 452 g/mol. The van der Waals surface area contributed by atoms with Gasteiger partial charge in [-0.15, -0.1) is 0 Å². The molecule has 0 saturated heterocycles. The first kappa shape index (κ1) is 27.5. The number of fused-ring (bicyclic) bond motifs is 1. The van der Waals surface area contributed by atoms with Crippen molar-refractivity contribution < 1.29 is 0 Å². The third kappa shape index (κ3) is 6.39. The fraction of sp³-hybridized carbons (Fsp3) is 0.242. The zero-order valence-electron chi connectivity index (χ0n) is 23.4. The lowest BCUT2D eigenvalue weighted by molar-refractivity contribution is 0.475. The summed E-state index contributed by atoms with van der Waals surface area (Å²) in [6.45, 7) is 21.2. The first-order valence-corrected chi connectivity index (χ1v) is 12.9. The Hall–Kier alpha value is -4.05. The Morgan fingerprint density at radius 3 is 2.27 bits per heavy atom. The van der Waals surface area contributed by atoms with Crippen molar-refractivity contribution in [3.8, 4) is 0 Å². The highest BCUT2D eigenvalue weighted by molar-refractivity contribution is 5.89. The van der Waals surface area contributed by atoms with Gasteiger partial charge in [0.05, 0.1) is 11.4 Å². The van der Waals surface area contributed by atoms with E-state index in [0.717, 1.165) is 51.8 Å². The van der Waals surface area contributed by atoms with Crippen molar-refractivity contribution in [2.45, 2.75) is 48.1 Å². The summed E-state index contributed by atoms with van der Waals surface area (Å²) < 4.78 is 0. The van der Waals surface area contributed by atoms with Gasteiger partial charge in [-0.05, 0) is 68.7 Å². The Morgan fingerprint density at radius 1 is 0.946 bits per heavy atom. The largest absolute Gasteiger partial charge is 0.370 e. The molecule has 192 valence electrons. The van der Waals surface area contributed by atoms with Crippen molar-refractivity contribution in [2.75, 3.05) is 17.7 Å². The smallest absolute Gasteiger partial charge is 0.100 e. The predicted octanol–water partition coefficient (Wildman–Crippen LogP) is 8.53. The monoisotopic (exact) mass is 492 g/mol. The number of aryl methyl sites for hydroxylation is 2. The SMILES string of the molecule is C=C/C=C(/c1cnc(C)c(C(=C(C)C)c2ccc3c(c2)NC(=C)N3)c1)N(C)Cc1ccc(C)cc1.CC. The molecule has 0 atom stereocenters. The highest BCUT2D eigenvalue weighted by atomic mass is 15.2. The van der Waals surface area contributed by atoms with Gasteiger partial charge >= 0.3 is 0 Å². The van der Waals surface area contributed by atoms with Gasteiger partial charge in [0, 0.05) is 42.3 Å². The minimum atomic E-state index is 0.798. The van der Waals surface area contributed by atoms with Crippen molar-refractivity contribution in [1.29, 1.82) is 0 Å². The molecule has 0 radical (unpaired) electrons. The van der Waals surface area contributed by atoms with E-state index in [4.69, 9.17) is 4.98 Å². The maximum absolute atomic E-state index is 4.82. The van der Waals surface area contributed by atoms with Crippen LogP contribution in [0.5, 0.6) is 0 Å². The van der Waals surface area contributed by atoms with Crippen LogP contribution in [0.4, 0.5) is 11.4 Å². The molecular formula is C33H40N4. The van der Waals surface area contributed by atoms with Crippen LogP contribution in [0.1, 0.15) is 61.2 Å². The summed E-state index contributed by atoms with van der Waals surface area (Å²) >= 11 is 0. The summed E-state index contributed by atoms with van der Waals surface area (Å²) in [5, 5.41) is 6.58. The Bertz CT molecular complexity index is 1340. The minimum absolute atomic E-state index is 0.798. The number of pyridine rings is 1. The van der Waals surface area contributed by atoms with E-state index in [0.29, 0.717) is 0 Å². The summed E-state index contributed by atoms with van der Waals surface area (Å²) in [5.41, 5.74) is 12.5. The van der Waals surface area contributed by atoms with Crippen LogP contribution in [0.15, 0.2) is 91.4 Å². The average molecular weight is 493 g/mol. The second kappa shape index (κ2) is 12.3. The fourth-order valence-corrected chi connectivity index (χ4v) is 4.52. The van der Waals surface area contributed by atoms with Crippen LogP contribution in [0.3, 0.4) is 0 Å². The summed E-state index contributed by atoms with van der Waals surface area (Å²) in [6, 6.07) is 17.4. The van der Waals surface area contributed by atoms with Gasteiger partial charge in [-0.1, -0.05) is 74.5 Å². The van der Waals surface area contributed by atoms with Gasteiger partial charge in [0.1, 0.15) is 5.82 Å². The van der Waals surface area contributed by atoms with Crippen LogP contribution in [0, 0.1) is 13.8 Å². The first-order chi connectivity index (χ1) is 17.8. The van der Waals surface area contributed by atoms with E-state index in [1.807, 2.05) is 26.1 Å². The molecule has 0 bridgehead atoms. The number of hydrogen-bond acceptors (Lipinski definition) is 4. The molecule has 4 nitrogen and oxygen atoms in total. The lowest BCUT2D eigenvalue weighted by Gasteiger charge is -2.24. The van der Waals surface area contributed by atoms with Gasteiger partial charge in [0.15, 0.2) is 0 Å². The molecule has 4 rings (SSSR count). The van der Waals surface area contributed by atoms with E-state index in [9.17, 15) is 0 Å². The molecule has 2 heterocycles. The summed E-state index contributed by atoms with van der Waals surface area (Å²) in [4.78, 5) is 7.07. The van der Waals surface area contributed by atoms with E-state index in [1.165, 1.54) is 22.3 Å². The predicted molar refractivity (Wildman–Crippen MR) is 161 cm³/mol. The van der Waals surface area contributed by atoms with E-state index in [1.54, 1.807) is 0 Å². The number of aromatic nitrogens is 1. The normalized spacial score (nSPS) is 12.0. The summed E-state index contributed by atoms with van der Waals surface area (Å²) in [6.07, 6.45) is 5.86. The number of rotatable bonds is 7. The first-order valence-electron chi connectivity index (χ1n) is 12.9. The van der Waals surface area contributed by atoms with Gasteiger partial charge in [-0.25, -0.2) is 0 Å². The number of anilines is 2. The standard InChI is InChI=1S/C31H34N4.C2H6/c1-8-9-30(35(7)19-24-12-10-21(4)11-13-24)26-16-27(22(5)32-18-26)31(20(2)3)25-14-15-28-29(17-25)34-23(6)33-28;1-2/h8-18,33-34H,1,6,19H2,2-5,7H3;1-2H3/b30-9-;. The molecule has 4 heteroatoms. The molecule has 0 amide bonds. The maximum atomic E-state index is 4.82. The molecule has 1 aliphatic heterocycles. The molecule has 37 heavy (non-hydrogen) atoms. The van der Waals surface area contributed by atoms with E-state index >= 15 is 0 Å². The second-order valence-corrected chi connectivity index (χ2v) is 9.35. The topological polar surface area (TPSA) is 40.2 Å². The zero-order chi connectivity index (χ0) is 27.1. The van der Waals surface area contributed by atoms with Crippen LogP contribution in [-0.4, -0.2) is 16.9 Å². The van der Waals surface area contributed by atoms with Gasteiger partial charge in [0.25, 0.3) is 0 Å². The Morgan fingerprint density at radius 2 is 1.62 bits per heavy atom. The van der Waals surface area contributed by atoms with Crippen molar-refractivity contribution >= 4 is 22.6 Å². The molecule has 0 spiro atoms. The van der Waals surface area contributed by atoms with Crippen molar-refractivity contribution in [3.05, 3.63) is 125 Å². The third-order valence-electron chi connectivity index (χ3n) is 6.26. The van der Waals surface area contributed by atoms with Gasteiger partial charge in [-0.2, -0.15) is 0 Å². The van der Waals surface area contributed by atoms with E-state index < -0.39 is 0 Å². The highest BCUT2D eigenvalue weighted by Crippen LogP contribution is 2.37. The van der Waals surface area contributed by atoms with Crippen LogP contribution in [-0.2, 0) is 6.54 Å². The molecule has 2 N–H and O–H groups in total. The number of nitrogens with zero attached hydrogens (tertiary/aromatic N) is 2.